The topological polar surface area (TPSA) is 15.3 Å². The lowest BCUT2D eigenvalue weighted by Gasteiger charge is -2.28. The third-order valence-corrected chi connectivity index (χ3v) is 3.65. The maximum absolute atomic E-state index is 3.42. The fraction of sp³-hybridized carbons (Fsp3) is 0.294. The van der Waals surface area contributed by atoms with Crippen molar-refractivity contribution in [2.75, 3.05) is 23.3 Å². The van der Waals surface area contributed by atoms with Gasteiger partial charge in [0.25, 0.3) is 0 Å². The number of piperidine rings is 1. The van der Waals surface area contributed by atoms with E-state index in [1.165, 1.54) is 38.0 Å². The Hall–Kier alpha value is -1.96. The van der Waals surface area contributed by atoms with Crippen molar-refractivity contribution in [3.8, 4) is 0 Å². The van der Waals surface area contributed by atoms with Gasteiger partial charge in [-0.3, -0.25) is 0 Å². The van der Waals surface area contributed by atoms with Crippen LogP contribution in [-0.2, 0) is 0 Å². The number of nitrogens with zero attached hydrogens (tertiary/aromatic N) is 1. The Morgan fingerprint density at radius 2 is 1.32 bits per heavy atom. The Kier molecular flexibility index (Phi) is 3.68. The molecule has 0 unspecified atom stereocenters. The van der Waals surface area contributed by atoms with Crippen molar-refractivity contribution in [1.82, 2.24) is 0 Å². The lowest BCUT2D eigenvalue weighted by molar-refractivity contribution is 0.578. The molecule has 0 radical (unpaired) electrons. The third-order valence-electron chi connectivity index (χ3n) is 3.65. The van der Waals surface area contributed by atoms with E-state index < -0.39 is 0 Å². The molecular weight excluding hydrogens is 232 g/mol. The van der Waals surface area contributed by atoms with E-state index >= 15 is 0 Å². The molecule has 1 aliphatic heterocycles. The van der Waals surface area contributed by atoms with Gasteiger partial charge in [-0.15, -0.1) is 0 Å². The lowest BCUT2D eigenvalue weighted by Crippen LogP contribution is -2.29. The van der Waals surface area contributed by atoms with Gasteiger partial charge in [0.05, 0.1) is 0 Å². The SMILES string of the molecule is c1ccc(Nc2ccc(N3CCCCC3)cc2)cc1. The molecule has 19 heavy (non-hydrogen) atoms. The monoisotopic (exact) mass is 252 g/mol. The van der Waals surface area contributed by atoms with Gasteiger partial charge < -0.3 is 10.2 Å². The van der Waals surface area contributed by atoms with Crippen molar-refractivity contribution < 1.29 is 0 Å². The molecule has 2 nitrogen and oxygen atoms in total. The number of anilines is 3. The minimum absolute atomic E-state index is 1.13. The first-order valence-electron chi connectivity index (χ1n) is 7.09. The molecule has 0 aliphatic carbocycles. The van der Waals surface area contributed by atoms with Crippen molar-refractivity contribution in [2.24, 2.45) is 0 Å². The largest absolute Gasteiger partial charge is 0.372 e. The second kappa shape index (κ2) is 5.79. The number of nitrogens with one attached hydrogen (secondary N) is 1. The quantitative estimate of drug-likeness (QED) is 0.869. The second-order valence-corrected chi connectivity index (χ2v) is 5.09. The molecule has 1 N–H and O–H groups in total. The van der Waals surface area contributed by atoms with Gasteiger partial charge >= 0.3 is 0 Å². The Morgan fingerprint density at radius 3 is 2.00 bits per heavy atom. The molecule has 0 saturated carbocycles. The Balaban J connectivity index is 1.68. The van der Waals surface area contributed by atoms with Crippen molar-refractivity contribution in [3.05, 3.63) is 54.6 Å². The zero-order valence-electron chi connectivity index (χ0n) is 11.2. The van der Waals surface area contributed by atoms with Crippen LogP contribution in [0.4, 0.5) is 17.1 Å². The average molecular weight is 252 g/mol. The number of para-hydroxylation sites is 1. The van der Waals surface area contributed by atoms with E-state index in [0.717, 1.165) is 11.4 Å². The lowest BCUT2D eigenvalue weighted by atomic mass is 10.1. The van der Waals surface area contributed by atoms with E-state index in [-0.39, 0.29) is 0 Å². The number of hydrogen-bond acceptors (Lipinski definition) is 2. The molecule has 2 heteroatoms. The normalized spacial score (nSPS) is 15.3. The molecule has 1 heterocycles. The third kappa shape index (κ3) is 3.08. The van der Waals surface area contributed by atoms with Gasteiger partial charge in [0.1, 0.15) is 0 Å². The minimum Gasteiger partial charge on any atom is -0.372 e. The van der Waals surface area contributed by atoms with E-state index in [1.807, 2.05) is 18.2 Å². The molecule has 0 bridgehead atoms. The maximum Gasteiger partial charge on any atom is 0.0385 e. The summed E-state index contributed by atoms with van der Waals surface area (Å²) >= 11 is 0. The summed E-state index contributed by atoms with van der Waals surface area (Å²) in [6.45, 7) is 2.40. The predicted molar refractivity (Wildman–Crippen MR) is 82.2 cm³/mol. The molecule has 0 spiro atoms. The van der Waals surface area contributed by atoms with Gasteiger partial charge in [0.15, 0.2) is 0 Å². The van der Waals surface area contributed by atoms with Crippen LogP contribution in [-0.4, -0.2) is 13.1 Å². The Labute approximate surface area is 115 Å². The summed E-state index contributed by atoms with van der Waals surface area (Å²) in [5.74, 6) is 0. The highest BCUT2D eigenvalue weighted by Crippen LogP contribution is 2.23. The summed E-state index contributed by atoms with van der Waals surface area (Å²) in [7, 11) is 0. The smallest absolute Gasteiger partial charge is 0.0385 e. The predicted octanol–water partition coefficient (Wildman–Crippen LogP) is 4.42. The van der Waals surface area contributed by atoms with E-state index in [1.54, 1.807) is 0 Å². The molecule has 2 aromatic carbocycles. The van der Waals surface area contributed by atoms with E-state index in [9.17, 15) is 0 Å². The van der Waals surface area contributed by atoms with Crippen molar-refractivity contribution in [2.45, 2.75) is 19.3 Å². The number of rotatable bonds is 3. The standard InChI is InChI=1S/C17H20N2/c1-3-7-15(8-4-1)18-16-9-11-17(12-10-16)19-13-5-2-6-14-19/h1,3-4,7-12,18H,2,5-6,13-14H2. The highest BCUT2D eigenvalue weighted by Gasteiger charge is 2.10. The number of hydrogen-bond donors (Lipinski definition) is 1. The van der Waals surface area contributed by atoms with Crippen LogP contribution in [0.3, 0.4) is 0 Å². The highest BCUT2D eigenvalue weighted by atomic mass is 15.1. The molecule has 2 aromatic rings. The van der Waals surface area contributed by atoms with Crippen LogP contribution in [0.5, 0.6) is 0 Å². The van der Waals surface area contributed by atoms with Crippen molar-refractivity contribution in [3.63, 3.8) is 0 Å². The maximum atomic E-state index is 3.42. The van der Waals surface area contributed by atoms with Crippen LogP contribution in [0.2, 0.25) is 0 Å². The van der Waals surface area contributed by atoms with Gasteiger partial charge in [-0.05, 0) is 55.7 Å². The van der Waals surface area contributed by atoms with Gasteiger partial charge in [-0.2, -0.15) is 0 Å². The Morgan fingerprint density at radius 1 is 0.684 bits per heavy atom. The van der Waals surface area contributed by atoms with Crippen LogP contribution in [0.25, 0.3) is 0 Å². The first kappa shape index (κ1) is 12.1. The fourth-order valence-corrected chi connectivity index (χ4v) is 2.60. The summed E-state index contributed by atoms with van der Waals surface area (Å²) in [6.07, 6.45) is 4.03. The van der Waals surface area contributed by atoms with Crippen LogP contribution in [0.1, 0.15) is 19.3 Å². The van der Waals surface area contributed by atoms with Gasteiger partial charge in [-0.25, -0.2) is 0 Å². The van der Waals surface area contributed by atoms with E-state index in [4.69, 9.17) is 0 Å². The molecule has 1 fully saturated rings. The summed E-state index contributed by atoms with van der Waals surface area (Å²) in [5, 5.41) is 3.42. The van der Waals surface area contributed by atoms with Crippen LogP contribution in [0, 0.1) is 0 Å². The van der Waals surface area contributed by atoms with Crippen LogP contribution in [0.15, 0.2) is 54.6 Å². The molecule has 0 atom stereocenters. The minimum atomic E-state index is 1.13. The summed E-state index contributed by atoms with van der Waals surface area (Å²) in [5.41, 5.74) is 3.62. The molecule has 98 valence electrons. The first-order chi connectivity index (χ1) is 9.42. The highest BCUT2D eigenvalue weighted by molar-refractivity contribution is 5.62. The molecule has 1 aliphatic rings. The molecule has 1 saturated heterocycles. The number of benzene rings is 2. The van der Waals surface area contributed by atoms with Gasteiger partial charge in [0, 0.05) is 30.2 Å². The Bertz CT molecular complexity index is 499. The van der Waals surface area contributed by atoms with Crippen LogP contribution < -0.4 is 10.2 Å². The molecule has 3 rings (SSSR count). The molecule has 0 aromatic heterocycles. The zero-order valence-corrected chi connectivity index (χ0v) is 11.2. The van der Waals surface area contributed by atoms with Gasteiger partial charge in [0.2, 0.25) is 0 Å². The van der Waals surface area contributed by atoms with Crippen LogP contribution >= 0.6 is 0 Å². The van der Waals surface area contributed by atoms with Crippen molar-refractivity contribution in [1.29, 1.82) is 0 Å². The first-order valence-corrected chi connectivity index (χ1v) is 7.09. The molecule has 0 amide bonds. The van der Waals surface area contributed by atoms with E-state index in [0.29, 0.717) is 0 Å². The summed E-state index contributed by atoms with van der Waals surface area (Å²) in [6, 6.07) is 19.1. The summed E-state index contributed by atoms with van der Waals surface area (Å²) < 4.78 is 0. The summed E-state index contributed by atoms with van der Waals surface area (Å²) in [4.78, 5) is 2.48. The zero-order chi connectivity index (χ0) is 12.9. The van der Waals surface area contributed by atoms with Crippen molar-refractivity contribution >= 4 is 17.1 Å². The van der Waals surface area contributed by atoms with Gasteiger partial charge in [-0.1, -0.05) is 18.2 Å². The average Bonchev–Trinajstić information content (AvgIpc) is 2.50. The second-order valence-electron chi connectivity index (χ2n) is 5.09. The fourth-order valence-electron chi connectivity index (χ4n) is 2.60. The molecular formula is C17H20N2. The van der Waals surface area contributed by atoms with E-state index in [2.05, 4.69) is 46.6 Å².